The van der Waals surface area contributed by atoms with Crippen molar-refractivity contribution < 1.29 is 19.7 Å². The van der Waals surface area contributed by atoms with Crippen LogP contribution in [0, 0.1) is 0 Å². The molecule has 0 spiro atoms. The lowest BCUT2D eigenvalue weighted by molar-refractivity contribution is 0.0919. The van der Waals surface area contributed by atoms with Gasteiger partial charge in [0.2, 0.25) is 0 Å². The summed E-state index contributed by atoms with van der Waals surface area (Å²) in [4.78, 5) is 0. The fourth-order valence-electron chi connectivity index (χ4n) is 1.08. The second-order valence-electron chi connectivity index (χ2n) is 2.43. The largest absolute Gasteiger partial charge is 0.485 e. The quantitative estimate of drug-likeness (QED) is 0.422. The Bertz CT molecular complexity index is 109. The van der Waals surface area contributed by atoms with Crippen molar-refractivity contribution >= 4 is 14.8 Å². The smallest absolute Gasteiger partial charge is 0.429 e. The molecule has 2 unspecified atom stereocenters. The van der Waals surface area contributed by atoms with Crippen LogP contribution in [0.2, 0.25) is 5.82 Å². The van der Waals surface area contributed by atoms with Gasteiger partial charge in [-0.3, -0.25) is 0 Å². The first kappa shape index (κ1) is 8.07. The first-order valence-electron chi connectivity index (χ1n) is 3.23. The summed E-state index contributed by atoms with van der Waals surface area (Å²) < 4.78 is 4.66. The third-order valence-corrected chi connectivity index (χ3v) is 1.88. The second-order valence-corrected chi connectivity index (χ2v) is 2.43. The highest BCUT2D eigenvalue weighted by molar-refractivity contribution is 6.43. The first-order valence-corrected chi connectivity index (χ1v) is 3.23. The van der Waals surface area contributed by atoms with E-state index >= 15 is 0 Å². The Morgan fingerprint density at radius 1 is 1.40 bits per heavy atom. The molecule has 3 N–H and O–H groups in total. The van der Waals surface area contributed by atoms with Gasteiger partial charge in [0.05, 0.1) is 0 Å². The van der Waals surface area contributed by atoms with Gasteiger partial charge in [0, 0.05) is 11.9 Å². The van der Waals surface area contributed by atoms with Crippen LogP contribution < -0.4 is 0 Å². The van der Waals surface area contributed by atoms with Gasteiger partial charge < -0.3 is 19.7 Å². The van der Waals surface area contributed by atoms with Crippen LogP contribution in [0.4, 0.5) is 0 Å². The highest BCUT2D eigenvalue weighted by Gasteiger charge is 2.39. The molecule has 1 saturated carbocycles. The van der Waals surface area contributed by atoms with Gasteiger partial charge in [-0.15, -0.1) is 0 Å². The van der Waals surface area contributed by atoms with E-state index in [0.29, 0.717) is 7.69 Å². The molecule has 0 heterocycles. The maximum Gasteiger partial charge on any atom is 0.485 e. The minimum absolute atomic E-state index is 0.218. The lowest BCUT2D eigenvalue weighted by atomic mass is 9.59. The van der Waals surface area contributed by atoms with Gasteiger partial charge in [0.1, 0.15) is 0 Å². The van der Waals surface area contributed by atoms with Crippen molar-refractivity contribution in [3.8, 4) is 0 Å². The SMILES string of the molecule is O[B]OC1CCC1B(O)O. The zero-order valence-corrected chi connectivity index (χ0v) is 5.47. The summed E-state index contributed by atoms with van der Waals surface area (Å²) in [5.74, 6) is -0.233. The Labute approximate surface area is 60.3 Å². The van der Waals surface area contributed by atoms with Gasteiger partial charge in [-0.05, 0) is 12.8 Å². The van der Waals surface area contributed by atoms with Crippen LogP contribution in [0.15, 0.2) is 0 Å². The van der Waals surface area contributed by atoms with Crippen LogP contribution in [-0.4, -0.2) is 36.0 Å². The van der Waals surface area contributed by atoms with Gasteiger partial charge in [0.15, 0.2) is 0 Å². The topological polar surface area (TPSA) is 69.9 Å². The van der Waals surface area contributed by atoms with Crippen LogP contribution in [0.1, 0.15) is 12.8 Å². The molecule has 0 aliphatic heterocycles. The van der Waals surface area contributed by atoms with E-state index in [1.807, 2.05) is 0 Å². The fraction of sp³-hybridized carbons (Fsp3) is 1.00. The molecule has 1 aliphatic rings. The van der Waals surface area contributed by atoms with E-state index in [9.17, 15) is 0 Å². The van der Waals surface area contributed by atoms with E-state index < -0.39 is 7.12 Å². The van der Waals surface area contributed by atoms with E-state index in [1.165, 1.54) is 0 Å². The molecule has 2 atom stereocenters. The highest BCUT2D eigenvalue weighted by atomic mass is 16.5. The van der Waals surface area contributed by atoms with Crippen LogP contribution in [0.3, 0.4) is 0 Å². The van der Waals surface area contributed by atoms with Gasteiger partial charge in [-0.2, -0.15) is 0 Å². The maximum atomic E-state index is 8.65. The molecule has 0 bridgehead atoms. The normalized spacial score (nSPS) is 31.1. The van der Waals surface area contributed by atoms with Crippen molar-refractivity contribution in [1.29, 1.82) is 0 Å². The van der Waals surface area contributed by atoms with Gasteiger partial charge in [0.25, 0.3) is 0 Å². The Morgan fingerprint density at radius 2 is 2.10 bits per heavy atom. The van der Waals surface area contributed by atoms with Crippen molar-refractivity contribution in [2.75, 3.05) is 0 Å². The summed E-state index contributed by atoms with van der Waals surface area (Å²) in [6.07, 6.45) is 1.31. The number of rotatable bonds is 3. The van der Waals surface area contributed by atoms with Crippen LogP contribution >= 0.6 is 0 Å². The lowest BCUT2D eigenvalue weighted by Crippen LogP contribution is -2.40. The van der Waals surface area contributed by atoms with Crippen molar-refractivity contribution in [3.05, 3.63) is 0 Å². The average Bonchev–Trinajstić information content (AvgIpc) is 1.78. The van der Waals surface area contributed by atoms with Gasteiger partial charge >= 0.3 is 14.8 Å². The Morgan fingerprint density at radius 3 is 2.40 bits per heavy atom. The van der Waals surface area contributed by atoms with Crippen molar-refractivity contribution in [3.63, 3.8) is 0 Å². The standard InChI is InChI=1S/C4H9B2O4/c7-5-10-4-2-1-3(4)6(8)9/h3-4,7-9H,1-2H2. The molecule has 1 aliphatic carbocycles. The Kier molecular flexibility index (Phi) is 2.73. The van der Waals surface area contributed by atoms with Gasteiger partial charge in [-0.1, -0.05) is 0 Å². The Balaban J connectivity index is 2.22. The van der Waals surface area contributed by atoms with E-state index in [0.717, 1.165) is 12.8 Å². The molecule has 1 radical (unpaired) electrons. The molecular formula is C4H9B2O4. The molecular weight excluding hydrogens is 134 g/mol. The molecule has 55 valence electrons. The van der Waals surface area contributed by atoms with Crippen LogP contribution in [0.25, 0.3) is 0 Å². The maximum absolute atomic E-state index is 8.65. The average molecular weight is 143 g/mol. The molecule has 0 aromatic rings. The molecule has 0 amide bonds. The van der Waals surface area contributed by atoms with E-state index in [2.05, 4.69) is 4.65 Å². The molecule has 1 rings (SSSR count). The Hall–Kier alpha value is -0.0301. The number of hydrogen-bond donors (Lipinski definition) is 3. The molecule has 0 aromatic heterocycles. The fourth-order valence-corrected chi connectivity index (χ4v) is 1.08. The van der Waals surface area contributed by atoms with E-state index in [4.69, 9.17) is 15.1 Å². The molecule has 0 aromatic carbocycles. The van der Waals surface area contributed by atoms with E-state index in [-0.39, 0.29) is 11.9 Å². The minimum Gasteiger partial charge on any atom is -0.429 e. The molecule has 0 saturated heterocycles. The van der Waals surface area contributed by atoms with Crippen molar-refractivity contribution in [1.82, 2.24) is 0 Å². The van der Waals surface area contributed by atoms with Crippen LogP contribution in [-0.2, 0) is 4.65 Å². The lowest BCUT2D eigenvalue weighted by Gasteiger charge is -2.35. The zero-order chi connectivity index (χ0) is 7.56. The van der Waals surface area contributed by atoms with E-state index in [1.54, 1.807) is 0 Å². The van der Waals surface area contributed by atoms with Crippen molar-refractivity contribution in [2.24, 2.45) is 0 Å². The molecule has 6 heteroatoms. The minimum atomic E-state index is -1.32. The predicted molar refractivity (Wildman–Crippen MR) is 36.0 cm³/mol. The third kappa shape index (κ3) is 1.52. The van der Waals surface area contributed by atoms with Crippen LogP contribution in [0.5, 0.6) is 0 Å². The second kappa shape index (κ2) is 3.39. The van der Waals surface area contributed by atoms with Crippen molar-refractivity contribution in [2.45, 2.75) is 24.8 Å². The highest BCUT2D eigenvalue weighted by Crippen LogP contribution is 2.36. The summed E-state index contributed by atoms with van der Waals surface area (Å²) in [7, 11) is -0.724. The molecule has 1 fully saturated rings. The predicted octanol–water partition coefficient (Wildman–Crippen LogP) is -1.47. The summed E-state index contributed by atoms with van der Waals surface area (Å²) in [6.45, 7) is 0. The third-order valence-electron chi connectivity index (χ3n) is 1.88. The molecule has 10 heavy (non-hydrogen) atoms. The summed E-state index contributed by atoms with van der Waals surface area (Å²) in [6, 6.07) is 0. The molecule has 4 nitrogen and oxygen atoms in total. The summed E-state index contributed by atoms with van der Waals surface area (Å²) in [5.41, 5.74) is 0. The summed E-state index contributed by atoms with van der Waals surface area (Å²) >= 11 is 0. The monoisotopic (exact) mass is 143 g/mol. The zero-order valence-electron chi connectivity index (χ0n) is 5.47. The summed E-state index contributed by atoms with van der Waals surface area (Å²) in [5, 5.41) is 25.5. The first-order chi connectivity index (χ1) is 4.75. The van der Waals surface area contributed by atoms with Gasteiger partial charge in [-0.25, -0.2) is 0 Å². The number of hydrogen-bond acceptors (Lipinski definition) is 4.